The Morgan fingerprint density at radius 1 is 0.652 bits per heavy atom. The van der Waals surface area contributed by atoms with Crippen molar-refractivity contribution < 1.29 is 0 Å². The summed E-state index contributed by atoms with van der Waals surface area (Å²) < 4.78 is 0. The first-order valence-electron chi connectivity index (χ1n) is 7.80. The largest absolute Gasteiger partial charge is 0.221 e. The highest BCUT2D eigenvalue weighted by molar-refractivity contribution is 7.34. The van der Waals surface area contributed by atoms with E-state index in [1.54, 1.807) is 0 Å². The summed E-state index contributed by atoms with van der Waals surface area (Å²) >= 11 is 7.24. The molecule has 114 valence electrons. The topological polar surface area (TPSA) is 0 Å². The molecule has 0 radical (unpaired) electrons. The Hall–Kier alpha value is -2.09. The van der Waals surface area contributed by atoms with Crippen LogP contribution in [0.15, 0.2) is 97.1 Å². The molecule has 0 spiro atoms. The van der Waals surface area contributed by atoms with Gasteiger partial charge in [-0.1, -0.05) is 103 Å². The second kappa shape index (κ2) is 7.45. The third-order valence-electron chi connectivity index (χ3n) is 3.97. The highest BCUT2D eigenvalue weighted by atomic mass is 35.6. The van der Waals surface area contributed by atoms with Crippen LogP contribution in [0.5, 0.6) is 0 Å². The summed E-state index contributed by atoms with van der Waals surface area (Å²) in [5.74, 6) is 0. The molecule has 0 atom stereocenters. The summed E-state index contributed by atoms with van der Waals surface area (Å²) in [6, 6.07) is 32.2. The van der Waals surface area contributed by atoms with E-state index in [1.165, 1.54) is 15.9 Å². The van der Waals surface area contributed by atoms with Gasteiger partial charge >= 0.3 is 0 Å². The number of hydrogen-bond acceptors (Lipinski definition) is 0. The van der Waals surface area contributed by atoms with E-state index in [1.807, 2.05) is 18.2 Å². The lowest BCUT2D eigenvalue weighted by molar-refractivity contribution is 1.60. The molecule has 0 aromatic heterocycles. The summed E-state index contributed by atoms with van der Waals surface area (Å²) in [6.45, 7) is 0. The van der Waals surface area contributed by atoms with Crippen LogP contribution in [-0.2, 0) is 0 Å². The monoisotopic (exact) mass is 334 g/mol. The van der Waals surface area contributed by atoms with E-state index in [0.29, 0.717) is 0 Å². The maximum atomic E-state index is 7.24. The zero-order valence-electron chi connectivity index (χ0n) is 12.9. The van der Waals surface area contributed by atoms with Crippen molar-refractivity contribution in [1.82, 2.24) is 0 Å². The molecule has 0 amide bonds. The van der Waals surface area contributed by atoms with Crippen molar-refractivity contribution in [1.29, 1.82) is 0 Å². The number of benzene rings is 3. The lowest BCUT2D eigenvalue weighted by atomic mass is 10.2. The predicted octanol–water partition coefficient (Wildman–Crippen LogP) is 4.70. The third-order valence-corrected chi connectivity index (χ3v) is 9.04. The minimum atomic E-state index is -2.27. The van der Waals surface area contributed by atoms with Crippen molar-refractivity contribution >= 4 is 34.9 Å². The van der Waals surface area contributed by atoms with Gasteiger partial charge < -0.3 is 0 Å². The van der Waals surface area contributed by atoms with Gasteiger partial charge in [-0.25, -0.2) is 0 Å². The van der Waals surface area contributed by atoms with Crippen LogP contribution in [0.3, 0.4) is 0 Å². The van der Waals surface area contributed by atoms with Crippen molar-refractivity contribution in [3.63, 3.8) is 0 Å². The smallest absolute Gasteiger partial charge is 0.154 e. The van der Waals surface area contributed by atoms with Gasteiger partial charge in [-0.2, -0.15) is 11.1 Å². The van der Waals surface area contributed by atoms with Crippen LogP contribution in [0.2, 0.25) is 6.04 Å². The molecular weight excluding hydrogens is 316 g/mol. The normalized spacial score (nSPS) is 11.7. The van der Waals surface area contributed by atoms with Gasteiger partial charge in [0.25, 0.3) is 0 Å². The average molecular weight is 335 g/mol. The zero-order valence-corrected chi connectivity index (χ0v) is 14.7. The van der Waals surface area contributed by atoms with E-state index in [2.05, 4.69) is 84.9 Å². The van der Waals surface area contributed by atoms with Gasteiger partial charge in [-0.3, -0.25) is 0 Å². The zero-order chi connectivity index (χ0) is 16.0. The second-order valence-electron chi connectivity index (χ2n) is 5.55. The van der Waals surface area contributed by atoms with Crippen LogP contribution in [0.4, 0.5) is 0 Å². The molecule has 23 heavy (non-hydrogen) atoms. The molecule has 2 heteroatoms. The van der Waals surface area contributed by atoms with Gasteiger partial charge in [0.1, 0.15) is 0 Å². The fourth-order valence-corrected chi connectivity index (χ4v) is 6.44. The second-order valence-corrected chi connectivity index (χ2v) is 10.7. The van der Waals surface area contributed by atoms with Crippen LogP contribution in [-0.4, -0.2) is 7.38 Å². The van der Waals surface area contributed by atoms with Crippen LogP contribution in [0, 0.1) is 0 Å². The summed E-state index contributed by atoms with van der Waals surface area (Å²) in [6.07, 6.45) is 4.38. The van der Waals surface area contributed by atoms with Gasteiger partial charge in [0.15, 0.2) is 0 Å². The molecule has 0 aliphatic carbocycles. The Morgan fingerprint density at radius 2 is 1.09 bits per heavy atom. The minimum absolute atomic E-state index is 0.872. The van der Waals surface area contributed by atoms with Gasteiger partial charge in [0.2, 0.25) is 7.38 Å². The minimum Gasteiger partial charge on any atom is -0.154 e. The maximum Gasteiger partial charge on any atom is 0.221 e. The molecule has 0 N–H and O–H groups in total. The lowest BCUT2D eigenvalue weighted by Gasteiger charge is -2.24. The third kappa shape index (κ3) is 3.81. The average Bonchev–Trinajstić information content (AvgIpc) is 2.64. The van der Waals surface area contributed by atoms with Crippen molar-refractivity contribution in [2.45, 2.75) is 6.04 Å². The molecule has 0 saturated heterocycles. The molecule has 0 saturated carbocycles. The van der Waals surface area contributed by atoms with Crippen molar-refractivity contribution in [2.75, 3.05) is 0 Å². The Balaban J connectivity index is 1.92. The van der Waals surface area contributed by atoms with Crippen LogP contribution in [0.1, 0.15) is 5.56 Å². The van der Waals surface area contributed by atoms with Gasteiger partial charge in [-0.15, -0.1) is 0 Å². The van der Waals surface area contributed by atoms with E-state index in [4.69, 9.17) is 11.1 Å². The van der Waals surface area contributed by atoms with E-state index >= 15 is 0 Å². The summed E-state index contributed by atoms with van der Waals surface area (Å²) in [7, 11) is -2.27. The van der Waals surface area contributed by atoms with Crippen LogP contribution in [0.25, 0.3) is 6.08 Å². The van der Waals surface area contributed by atoms with Crippen LogP contribution < -0.4 is 10.4 Å². The maximum absolute atomic E-state index is 7.24. The Kier molecular flexibility index (Phi) is 5.11. The molecule has 3 aromatic carbocycles. The molecule has 0 bridgehead atoms. The summed E-state index contributed by atoms with van der Waals surface area (Å²) in [4.78, 5) is 0. The molecule has 3 aromatic rings. The lowest BCUT2D eigenvalue weighted by Crippen LogP contribution is -2.53. The first kappa shape index (κ1) is 15.8. The van der Waals surface area contributed by atoms with Crippen molar-refractivity contribution in [2.24, 2.45) is 0 Å². The number of rotatable bonds is 5. The quantitative estimate of drug-likeness (QED) is 0.468. The molecule has 0 fully saturated rings. The van der Waals surface area contributed by atoms with E-state index in [0.717, 1.165) is 6.04 Å². The SMILES string of the molecule is Cl[Si](CC=Cc1ccccc1)(c1ccccc1)c1ccccc1. The van der Waals surface area contributed by atoms with E-state index in [-0.39, 0.29) is 0 Å². The first-order valence-corrected chi connectivity index (χ1v) is 11.0. The Bertz CT molecular complexity index is 712. The predicted molar refractivity (Wildman–Crippen MR) is 104 cm³/mol. The highest BCUT2D eigenvalue weighted by Gasteiger charge is 2.33. The highest BCUT2D eigenvalue weighted by Crippen LogP contribution is 2.18. The molecule has 0 nitrogen and oxygen atoms in total. The van der Waals surface area contributed by atoms with Gasteiger partial charge in [-0.05, 0) is 22.0 Å². The number of hydrogen-bond donors (Lipinski definition) is 0. The fourth-order valence-electron chi connectivity index (χ4n) is 2.73. The van der Waals surface area contributed by atoms with E-state index < -0.39 is 7.38 Å². The molecule has 0 heterocycles. The van der Waals surface area contributed by atoms with Crippen LogP contribution >= 0.6 is 11.1 Å². The molecule has 0 unspecified atom stereocenters. The number of halogens is 1. The number of allylic oxidation sites excluding steroid dienone is 1. The molecule has 0 aliphatic rings. The van der Waals surface area contributed by atoms with Gasteiger partial charge in [0, 0.05) is 0 Å². The van der Waals surface area contributed by atoms with Crippen molar-refractivity contribution in [3.8, 4) is 0 Å². The Morgan fingerprint density at radius 3 is 1.57 bits per heavy atom. The molecule has 3 rings (SSSR count). The van der Waals surface area contributed by atoms with Gasteiger partial charge in [0.05, 0.1) is 0 Å². The molecular formula is C21H19ClSi. The summed E-state index contributed by atoms with van der Waals surface area (Å²) in [5, 5.41) is 2.51. The van der Waals surface area contributed by atoms with Crippen molar-refractivity contribution in [3.05, 3.63) is 103 Å². The molecule has 0 aliphatic heterocycles. The summed E-state index contributed by atoms with van der Waals surface area (Å²) in [5.41, 5.74) is 1.21. The first-order chi connectivity index (χ1) is 11.3. The Labute approximate surface area is 143 Å². The fraction of sp³-hybridized carbons (Fsp3) is 0.0476. The standard InChI is InChI=1S/C21H19ClSi/c22-23(20-14-6-2-7-15-20,21-16-8-3-9-17-21)18-10-13-19-11-4-1-5-12-19/h1-17H,18H2. The van der Waals surface area contributed by atoms with E-state index in [9.17, 15) is 0 Å².